The van der Waals surface area contributed by atoms with E-state index >= 15 is 0 Å². The number of nitrogens with zero attached hydrogens (tertiary/aromatic N) is 4. The van der Waals surface area contributed by atoms with Gasteiger partial charge in [0.2, 0.25) is 0 Å². The molecule has 4 fully saturated rings. The Bertz CT molecular complexity index is 1340. The number of aliphatic hydroxyl groups excluding tert-OH is 1. The van der Waals surface area contributed by atoms with Crippen molar-refractivity contribution in [3.05, 3.63) is 83.7 Å². The minimum Gasteiger partial charge on any atom is -0.508 e. The highest BCUT2D eigenvalue weighted by Gasteiger charge is 2.57. The molecule has 4 aliphatic rings. The summed E-state index contributed by atoms with van der Waals surface area (Å²) in [6, 6.07) is 0. The van der Waals surface area contributed by atoms with Gasteiger partial charge in [0.25, 0.3) is 0 Å². The molecule has 2 atom stereocenters. The van der Waals surface area contributed by atoms with Crippen LogP contribution >= 0.6 is 0 Å². The van der Waals surface area contributed by atoms with E-state index in [0.717, 1.165) is 44.6 Å². The Morgan fingerprint density at radius 3 is 2.09 bits per heavy atom. The Labute approximate surface area is 275 Å². The molecular weight excluding hydrogens is 574 g/mol. The molecule has 1 aromatic rings. The highest BCUT2D eigenvalue weighted by molar-refractivity contribution is 5.53. The van der Waals surface area contributed by atoms with Crippen molar-refractivity contribution in [2.45, 2.75) is 77.0 Å². The van der Waals surface area contributed by atoms with E-state index in [1.165, 1.54) is 68.2 Å². The fraction of sp³-hybridized carbons (Fsp3) is 0.595. The maximum absolute atomic E-state index is 11.2. The molecule has 5 rings (SSSR count). The second kappa shape index (κ2) is 14.0. The molecule has 0 bridgehead atoms. The Morgan fingerprint density at radius 1 is 1.00 bits per heavy atom. The predicted molar refractivity (Wildman–Crippen MR) is 184 cm³/mol. The maximum atomic E-state index is 11.2. The standard InChI is InChI=1S/C37H55N7O2/c1-5-6-32(27(4)46)33(38)17-34(35(39)40)43-20-25(2)15-30(16-26(3)21-43)36-41-18-31(19-42-36)29-9-13-44(14-10-29)23-37(24-44)11-7-28(22-45)8-12-37/h5-6,17-19,22,25-26,28-30H,1,4,7-16,20-21,23-24,38-40H2,2-3H3/p+1/b32-6+,33-17-. The van der Waals surface area contributed by atoms with Crippen molar-refractivity contribution in [3.8, 4) is 0 Å². The van der Waals surface area contributed by atoms with Crippen LogP contribution in [0.4, 0.5) is 0 Å². The van der Waals surface area contributed by atoms with Crippen LogP contribution in [0.25, 0.3) is 0 Å². The van der Waals surface area contributed by atoms with E-state index in [-0.39, 0.29) is 17.5 Å². The number of aromatic nitrogens is 2. The molecule has 3 saturated heterocycles. The topological polar surface area (TPSA) is 144 Å². The van der Waals surface area contributed by atoms with Gasteiger partial charge in [-0.25, -0.2) is 9.97 Å². The number of likely N-dealkylation sites (tertiary alicyclic amines) is 1. The van der Waals surface area contributed by atoms with Crippen LogP contribution in [-0.4, -0.2) is 70.0 Å². The summed E-state index contributed by atoms with van der Waals surface area (Å²) in [7, 11) is 0. The third kappa shape index (κ3) is 7.51. The summed E-state index contributed by atoms with van der Waals surface area (Å²) < 4.78 is 1.29. The molecule has 4 heterocycles. The molecule has 1 aliphatic carbocycles. The minimum absolute atomic E-state index is 0.139. The molecule has 2 spiro atoms. The molecule has 7 N–H and O–H groups in total. The lowest BCUT2D eigenvalue weighted by molar-refractivity contribution is -0.989. The van der Waals surface area contributed by atoms with Crippen molar-refractivity contribution in [3.63, 3.8) is 0 Å². The largest absolute Gasteiger partial charge is 0.508 e. The Balaban J connectivity index is 1.18. The van der Waals surface area contributed by atoms with Crippen LogP contribution in [0.15, 0.2) is 72.3 Å². The van der Waals surface area contributed by atoms with Crippen LogP contribution in [0, 0.1) is 23.2 Å². The Morgan fingerprint density at radius 2 is 1.59 bits per heavy atom. The fourth-order valence-electron chi connectivity index (χ4n) is 9.13. The SMILES string of the molecule is C=C/C=C(C(=C)O)/C(N)=C/C(=C(N)N)N1CC(C)CC(c2ncc(C3CC[N+]4(CC3)CC3(CCC(C=O)CC3)C4)cn2)CC(C)C1. The number of carbonyl (C=O) groups excluding carboxylic acids is 1. The molecule has 250 valence electrons. The number of aliphatic hydroxyl groups is 1. The molecule has 0 radical (unpaired) electrons. The molecule has 3 aliphatic heterocycles. The summed E-state index contributed by atoms with van der Waals surface area (Å²) in [4.78, 5) is 23.3. The zero-order valence-electron chi connectivity index (χ0n) is 28.0. The lowest BCUT2D eigenvalue weighted by atomic mass is 9.64. The first-order chi connectivity index (χ1) is 21.9. The Kier molecular flexibility index (Phi) is 10.3. The Hall–Kier alpha value is -3.59. The molecule has 0 amide bonds. The van der Waals surface area contributed by atoms with E-state index in [1.54, 1.807) is 18.2 Å². The van der Waals surface area contributed by atoms with Gasteiger partial charge in [0.05, 0.1) is 37.3 Å². The summed E-state index contributed by atoms with van der Waals surface area (Å²) in [5.74, 6) is 2.81. The van der Waals surface area contributed by atoms with Crippen molar-refractivity contribution < 1.29 is 14.4 Å². The molecule has 46 heavy (non-hydrogen) atoms. The number of hydrogen-bond donors (Lipinski definition) is 4. The monoisotopic (exact) mass is 630 g/mol. The number of nitrogens with two attached hydrogens (primary N) is 3. The number of hydrogen-bond acceptors (Lipinski definition) is 8. The van der Waals surface area contributed by atoms with Gasteiger partial charge >= 0.3 is 0 Å². The van der Waals surface area contributed by atoms with E-state index in [1.807, 2.05) is 0 Å². The summed E-state index contributed by atoms with van der Waals surface area (Å²) in [5, 5.41) is 10.0. The van der Waals surface area contributed by atoms with Gasteiger partial charge in [-0.05, 0) is 74.0 Å². The average Bonchev–Trinajstić information content (AvgIpc) is 3.01. The van der Waals surface area contributed by atoms with Crippen molar-refractivity contribution in [2.75, 3.05) is 39.3 Å². The van der Waals surface area contributed by atoms with Crippen LogP contribution < -0.4 is 17.2 Å². The smallest absolute Gasteiger partial charge is 0.131 e. The van der Waals surface area contributed by atoms with E-state index in [4.69, 9.17) is 27.2 Å². The first kappa shape index (κ1) is 33.8. The van der Waals surface area contributed by atoms with E-state index in [9.17, 15) is 9.90 Å². The van der Waals surface area contributed by atoms with E-state index in [0.29, 0.717) is 46.1 Å². The summed E-state index contributed by atoms with van der Waals surface area (Å²) >= 11 is 0. The lowest BCUT2D eigenvalue weighted by Gasteiger charge is -2.61. The summed E-state index contributed by atoms with van der Waals surface area (Å²) in [5.41, 5.74) is 21.8. The van der Waals surface area contributed by atoms with Gasteiger partial charge in [0.15, 0.2) is 0 Å². The molecule has 9 nitrogen and oxygen atoms in total. The predicted octanol–water partition coefficient (Wildman–Crippen LogP) is 5.12. The first-order valence-electron chi connectivity index (χ1n) is 17.3. The van der Waals surface area contributed by atoms with Crippen molar-refractivity contribution >= 4 is 6.29 Å². The zero-order chi connectivity index (χ0) is 33.1. The highest BCUT2D eigenvalue weighted by atomic mass is 16.3. The second-order valence-corrected chi connectivity index (χ2v) is 15.2. The number of piperidine rings is 1. The van der Waals surface area contributed by atoms with Crippen LogP contribution in [0.2, 0.25) is 0 Å². The first-order valence-corrected chi connectivity index (χ1v) is 17.3. The number of allylic oxidation sites excluding steroid dienone is 3. The molecular formula is C37H56N7O2+. The van der Waals surface area contributed by atoms with Gasteiger partial charge in [-0.1, -0.05) is 33.1 Å². The maximum Gasteiger partial charge on any atom is 0.131 e. The van der Waals surface area contributed by atoms with Gasteiger partial charge < -0.3 is 36.5 Å². The molecule has 2 unspecified atom stereocenters. The van der Waals surface area contributed by atoms with Gasteiger partial charge in [-0.3, -0.25) is 0 Å². The number of quaternary nitrogens is 1. The fourth-order valence-corrected chi connectivity index (χ4v) is 9.13. The average molecular weight is 631 g/mol. The van der Waals surface area contributed by atoms with Gasteiger partial charge in [0, 0.05) is 61.4 Å². The van der Waals surface area contributed by atoms with Crippen LogP contribution in [0.3, 0.4) is 0 Å². The van der Waals surface area contributed by atoms with E-state index < -0.39 is 0 Å². The number of rotatable bonds is 8. The van der Waals surface area contributed by atoms with E-state index in [2.05, 4.69) is 44.3 Å². The second-order valence-electron chi connectivity index (χ2n) is 15.2. The third-order valence-electron chi connectivity index (χ3n) is 11.3. The lowest BCUT2D eigenvalue weighted by Crippen LogP contribution is -2.71. The zero-order valence-corrected chi connectivity index (χ0v) is 28.0. The van der Waals surface area contributed by atoms with Gasteiger partial charge in [-0.2, -0.15) is 0 Å². The molecule has 9 heteroatoms. The third-order valence-corrected chi connectivity index (χ3v) is 11.3. The molecule has 0 aromatic carbocycles. The number of aldehydes is 1. The van der Waals surface area contributed by atoms with Crippen molar-refractivity contribution in [1.82, 2.24) is 14.9 Å². The normalized spacial score (nSPS) is 33.9. The minimum atomic E-state index is -0.139. The van der Waals surface area contributed by atoms with Crippen LogP contribution in [0.5, 0.6) is 0 Å². The summed E-state index contributed by atoms with van der Waals surface area (Å²) in [6.45, 7) is 18.5. The van der Waals surface area contributed by atoms with Crippen molar-refractivity contribution in [2.24, 2.45) is 40.4 Å². The van der Waals surface area contributed by atoms with Gasteiger partial charge in [-0.15, -0.1) is 0 Å². The van der Waals surface area contributed by atoms with Gasteiger partial charge in [0.1, 0.15) is 23.7 Å². The van der Waals surface area contributed by atoms with Crippen molar-refractivity contribution in [1.29, 1.82) is 0 Å². The number of carbonyl (C=O) groups is 1. The molecule has 1 aromatic heterocycles. The molecule has 1 saturated carbocycles. The van der Waals surface area contributed by atoms with Crippen LogP contribution in [-0.2, 0) is 4.79 Å². The van der Waals surface area contributed by atoms with Crippen LogP contribution in [0.1, 0.15) is 88.4 Å². The summed E-state index contributed by atoms with van der Waals surface area (Å²) in [6.07, 6.45) is 19.3. The highest BCUT2D eigenvalue weighted by Crippen LogP contribution is 2.51. The quantitative estimate of drug-likeness (QED) is 0.134.